The van der Waals surface area contributed by atoms with Gasteiger partial charge >= 0.3 is 5.97 Å². The van der Waals surface area contributed by atoms with Gasteiger partial charge in [0.05, 0.1) is 33.9 Å². The fraction of sp³-hybridized carbons (Fsp3) is 0.296. The number of benzene rings is 2. The van der Waals surface area contributed by atoms with Crippen molar-refractivity contribution in [2.45, 2.75) is 46.1 Å². The number of aryl methyl sites for hydroxylation is 1. The number of nitrogens with one attached hydrogen (secondary N) is 2. The van der Waals surface area contributed by atoms with Crippen molar-refractivity contribution in [2.24, 2.45) is 0 Å². The summed E-state index contributed by atoms with van der Waals surface area (Å²) in [5.41, 5.74) is 2.72. The highest BCUT2D eigenvalue weighted by Gasteiger charge is 2.37. The van der Waals surface area contributed by atoms with E-state index in [-0.39, 0.29) is 11.7 Å². The molecule has 0 spiro atoms. The van der Waals surface area contributed by atoms with E-state index in [4.69, 9.17) is 27.9 Å². The molecule has 6 nitrogen and oxygen atoms in total. The Bertz CT molecular complexity index is 1290. The molecule has 1 aliphatic heterocycles. The lowest BCUT2D eigenvalue weighted by Crippen LogP contribution is -2.32. The Morgan fingerprint density at radius 2 is 1.81 bits per heavy atom. The van der Waals surface area contributed by atoms with E-state index < -0.39 is 17.5 Å². The molecule has 188 valence electrons. The van der Waals surface area contributed by atoms with Crippen molar-refractivity contribution in [1.29, 1.82) is 5.26 Å². The lowest BCUT2D eigenvalue weighted by molar-refractivity contribution is -0.150. The number of carbonyl (C=O) groups excluding carboxylic acids is 2. The van der Waals surface area contributed by atoms with Gasteiger partial charge in [-0.3, -0.25) is 4.79 Å². The van der Waals surface area contributed by atoms with Gasteiger partial charge in [0.25, 0.3) is 0 Å². The quantitative estimate of drug-likeness (QED) is 0.393. The largest absolute Gasteiger partial charge is 0.457 e. The minimum Gasteiger partial charge on any atom is -0.457 e. The summed E-state index contributed by atoms with van der Waals surface area (Å²) in [6, 6.07) is 14.5. The fourth-order valence-corrected chi connectivity index (χ4v) is 4.82. The van der Waals surface area contributed by atoms with Gasteiger partial charge in [-0.2, -0.15) is 5.26 Å². The summed E-state index contributed by atoms with van der Waals surface area (Å²) in [5, 5.41) is 17.7. The molecule has 1 aliphatic rings. The second-order valence-corrected chi connectivity index (χ2v) is 11.1. The number of amides is 1. The zero-order valence-corrected chi connectivity index (χ0v) is 23.0. The molecule has 0 fully saturated rings. The van der Waals surface area contributed by atoms with Crippen LogP contribution in [0.15, 0.2) is 64.3 Å². The number of nitriles is 1. The van der Waals surface area contributed by atoms with Crippen molar-refractivity contribution in [2.75, 3.05) is 11.1 Å². The minimum absolute atomic E-state index is 0.0431. The number of nitrogens with zero attached hydrogens (tertiary/aromatic N) is 1. The summed E-state index contributed by atoms with van der Waals surface area (Å²) in [7, 11) is 0. The van der Waals surface area contributed by atoms with Crippen LogP contribution in [0.1, 0.15) is 44.7 Å². The molecular weight excluding hydrogens is 517 g/mol. The number of anilines is 1. The fourth-order valence-electron chi connectivity index (χ4n) is 3.62. The summed E-state index contributed by atoms with van der Waals surface area (Å²) in [5.74, 6) is -1.40. The Balaban J connectivity index is 1.91. The lowest BCUT2D eigenvalue weighted by Gasteiger charge is -2.31. The summed E-state index contributed by atoms with van der Waals surface area (Å²) in [4.78, 5) is 25.8. The van der Waals surface area contributed by atoms with Crippen LogP contribution >= 0.6 is 35.0 Å². The van der Waals surface area contributed by atoms with E-state index in [1.54, 1.807) is 64.1 Å². The number of rotatable bonds is 6. The lowest BCUT2D eigenvalue weighted by atomic mass is 9.82. The summed E-state index contributed by atoms with van der Waals surface area (Å²) >= 11 is 13.4. The number of thioether (sulfide) groups is 1. The van der Waals surface area contributed by atoms with Gasteiger partial charge in [-0.15, -0.1) is 0 Å². The summed E-state index contributed by atoms with van der Waals surface area (Å²) in [6.07, 6.45) is 0. The van der Waals surface area contributed by atoms with E-state index in [1.165, 1.54) is 11.8 Å². The maximum absolute atomic E-state index is 13.2. The van der Waals surface area contributed by atoms with E-state index >= 15 is 0 Å². The predicted octanol–water partition coefficient (Wildman–Crippen LogP) is 6.71. The number of dihydropyridines is 1. The molecule has 2 N–H and O–H groups in total. The number of ether oxygens (including phenoxy) is 1. The van der Waals surface area contributed by atoms with Crippen LogP contribution in [0, 0.1) is 18.3 Å². The molecule has 3 rings (SSSR count). The van der Waals surface area contributed by atoms with Crippen LogP contribution in [-0.2, 0) is 14.3 Å². The molecule has 0 saturated carbocycles. The van der Waals surface area contributed by atoms with Gasteiger partial charge in [0.1, 0.15) is 5.60 Å². The molecule has 0 radical (unpaired) electrons. The first-order valence-corrected chi connectivity index (χ1v) is 12.9. The molecule has 36 heavy (non-hydrogen) atoms. The van der Waals surface area contributed by atoms with Crippen molar-refractivity contribution in [1.82, 2.24) is 5.32 Å². The van der Waals surface area contributed by atoms with Gasteiger partial charge in [0.15, 0.2) is 0 Å². The standard InChI is InChI=1S/C27H27Cl2N3O3S/c1-15-6-11-19(12-21(15)29)32-22(33)14-36-25-20(13-30)24(17-7-9-18(28)10-8-17)23(16(2)31-25)26(34)35-27(3,4)5/h6-12,24,31H,14H2,1-5H3,(H,32,33)/t24-/m0/s1. The number of carbonyl (C=O) groups is 2. The van der Waals surface area contributed by atoms with Crippen LogP contribution < -0.4 is 10.6 Å². The highest BCUT2D eigenvalue weighted by atomic mass is 35.5. The summed E-state index contributed by atoms with van der Waals surface area (Å²) in [6.45, 7) is 9.00. The Labute approximate surface area is 225 Å². The molecule has 1 heterocycles. The van der Waals surface area contributed by atoms with Gasteiger partial charge in [-0.05, 0) is 70.0 Å². The molecule has 1 atom stereocenters. The highest BCUT2D eigenvalue weighted by Crippen LogP contribution is 2.41. The van der Waals surface area contributed by atoms with Crippen LogP contribution in [0.2, 0.25) is 10.0 Å². The Morgan fingerprint density at radius 3 is 2.39 bits per heavy atom. The van der Waals surface area contributed by atoms with Crippen molar-refractivity contribution >= 4 is 52.5 Å². The number of allylic oxidation sites excluding steroid dienone is 2. The van der Waals surface area contributed by atoms with Gasteiger partial charge in [0.2, 0.25) is 5.91 Å². The van der Waals surface area contributed by atoms with E-state index in [0.29, 0.717) is 37.6 Å². The maximum Gasteiger partial charge on any atom is 0.337 e. The molecule has 0 saturated heterocycles. The van der Waals surface area contributed by atoms with E-state index in [9.17, 15) is 14.9 Å². The van der Waals surface area contributed by atoms with Crippen molar-refractivity contribution in [3.05, 3.63) is 85.5 Å². The minimum atomic E-state index is -0.711. The smallest absolute Gasteiger partial charge is 0.337 e. The van der Waals surface area contributed by atoms with Crippen LogP contribution in [0.4, 0.5) is 5.69 Å². The van der Waals surface area contributed by atoms with Gasteiger partial charge < -0.3 is 15.4 Å². The second-order valence-electron chi connectivity index (χ2n) is 9.31. The molecule has 9 heteroatoms. The van der Waals surface area contributed by atoms with Crippen molar-refractivity contribution in [3.63, 3.8) is 0 Å². The van der Waals surface area contributed by atoms with Crippen molar-refractivity contribution < 1.29 is 14.3 Å². The zero-order valence-electron chi connectivity index (χ0n) is 20.7. The Morgan fingerprint density at radius 1 is 1.14 bits per heavy atom. The molecule has 1 amide bonds. The van der Waals surface area contributed by atoms with Gasteiger partial charge in [-0.25, -0.2) is 4.79 Å². The molecule has 2 aromatic carbocycles. The third-order valence-electron chi connectivity index (χ3n) is 5.27. The monoisotopic (exact) mass is 543 g/mol. The molecule has 0 aliphatic carbocycles. The van der Waals surface area contributed by atoms with Crippen LogP contribution in [0.25, 0.3) is 0 Å². The first-order chi connectivity index (χ1) is 16.9. The average Bonchev–Trinajstić information content (AvgIpc) is 2.79. The zero-order chi connectivity index (χ0) is 26.6. The first-order valence-electron chi connectivity index (χ1n) is 11.2. The van der Waals surface area contributed by atoms with Crippen LogP contribution in [-0.4, -0.2) is 23.2 Å². The van der Waals surface area contributed by atoms with Gasteiger partial charge in [0, 0.05) is 21.4 Å². The third kappa shape index (κ3) is 6.85. The Hall–Kier alpha value is -2.92. The molecular formula is C27H27Cl2N3O3S. The number of halogens is 2. The topological polar surface area (TPSA) is 91.2 Å². The van der Waals surface area contributed by atoms with E-state index in [1.807, 2.05) is 13.0 Å². The molecule has 0 unspecified atom stereocenters. The number of hydrogen-bond acceptors (Lipinski definition) is 6. The third-order valence-corrected chi connectivity index (χ3v) is 6.95. The van der Waals surface area contributed by atoms with E-state index in [2.05, 4.69) is 16.7 Å². The molecule has 0 aromatic heterocycles. The van der Waals surface area contributed by atoms with E-state index in [0.717, 1.165) is 11.1 Å². The maximum atomic E-state index is 13.2. The highest BCUT2D eigenvalue weighted by molar-refractivity contribution is 8.03. The van der Waals surface area contributed by atoms with Gasteiger partial charge in [-0.1, -0.05) is 53.2 Å². The predicted molar refractivity (Wildman–Crippen MR) is 146 cm³/mol. The molecule has 2 aromatic rings. The first kappa shape index (κ1) is 27.7. The second kappa shape index (κ2) is 11.4. The van der Waals surface area contributed by atoms with Crippen LogP contribution in [0.5, 0.6) is 0 Å². The molecule has 0 bridgehead atoms. The normalized spacial score (nSPS) is 15.8. The SMILES string of the molecule is CC1=C(C(=O)OC(C)(C)C)[C@@H](c2ccc(Cl)cc2)C(C#N)=C(SCC(=O)Nc2ccc(C)c(Cl)c2)N1. The average molecular weight is 545 g/mol. The number of hydrogen-bond donors (Lipinski definition) is 2. The van der Waals surface area contributed by atoms with Crippen LogP contribution in [0.3, 0.4) is 0 Å². The summed E-state index contributed by atoms with van der Waals surface area (Å²) < 4.78 is 5.66. The Kier molecular flexibility index (Phi) is 8.78. The van der Waals surface area contributed by atoms with Crippen molar-refractivity contribution in [3.8, 4) is 6.07 Å². The number of esters is 1.